The number of rotatable bonds is 6. The van der Waals surface area contributed by atoms with Crippen LogP contribution < -0.4 is 9.62 Å². The normalized spacial score (nSPS) is 11.5. The van der Waals surface area contributed by atoms with Crippen molar-refractivity contribution in [1.29, 1.82) is 5.26 Å². The van der Waals surface area contributed by atoms with Crippen LogP contribution in [0.4, 0.5) is 10.1 Å². The van der Waals surface area contributed by atoms with Crippen LogP contribution in [-0.2, 0) is 10.0 Å². The van der Waals surface area contributed by atoms with Crippen LogP contribution in [0.3, 0.4) is 0 Å². The van der Waals surface area contributed by atoms with Gasteiger partial charge in [0.2, 0.25) is 10.0 Å². The first-order chi connectivity index (χ1) is 20.6. The summed E-state index contributed by atoms with van der Waals surface area (Å²) in [5.41, 5.74) is 5.10. The highest BCUT2D eigenvalue weighted by Gasteiger charge is 2.26. The maximum atomic E-state index is 13.7. The van der Waals surface area contributed by atoms with Gasteiger partial charge < -0.3 is 14.7 Å². The minimum absolute atomic E-state index is 0.220. The summed E-state index contributed by atoms with van der Waals surface area (Å²) in [6, 6.07) is 20.2. The van der Waals surface area contributed by atoms with Crippen LogP contribution in [0.25, 0.3) is 55.6 Å². The van der Waals surface area contributed by atoms with Crippen LogP contribution in [0.1, 0.15) is 15.9 Å². The number of hydrogen-bond donors (Lipinski definition) is 2. The molecule has 3 aromatic heterocycles. The molecule has 0 bridgehead atoms. The van der Waals surface area contributed by atoms with Crippen LogP contribution in [0.5, 0.6) is 0 Å². The van der Waals surface area contributed by atoms with Crippen LogP contribution in [-0.4, -0.2) is 44.6 Å². The number of benzene rings is 3. The molecule has 3 heterocycles. The quantitative estimate of drug-likeness (QED) is 0.241. The lowest BCUT2D eigenvalue weighted by Gasteiger charge is -2.20. The fraction of sp³-hybridized carbons (Fsp3) is 0.0938. The van der Waals surface area contributed by atoms with E-state index in [1.54, 1.807) is 36.7 Å². The number of halogens is 1. The average Bonchev–Trinajstić information content (AvgIpc) is 3.61. The lowest BCUT2D eigenvalue weighted by molar-refractivity contribution is 0.0964. The molecule has 0 aliphatic heterocycles. The first kappa shape index (κ1) is 27.7. The number of sulfonamides is 1. The number of hydrogen-bond acceptors (Lipinski definition) is 6. The van der Waals surface area contributed by atoms with Crippen LogP contribution >= 0.6 is 0 Å². The first-order valence-electron chi connectivity index (χ1n) is 13.1. The number of nitriles is 1. The Morgan fingerprint density at radius 2 is 1.77 bits per heavy atom. The number of carbonyl (C=O) groups is 1. The predicted octanol–water partition coefficient (Wildman–Crippen LogP) is 6.08. The third-order valence-electron chi connectivity index (χ3n) is 7.35. The van der Waals surface area contributed by atoms with E-state index >= 15 is 0 Å². The maximum absolute atomic E-state index is 13.7. The van der Waals surface area contributed by atoms with E-state index < -0.39 is 21.7 Å². The molecule has 11 heteroatoms. The second-order valence-electron chi connectivity index (χ2n) is 10.0. The van der Waals surface area contributed by atoms with Gasteiger partial charge in [0.15, 0.2) is 0 Å². The van der Waals surface area contributed by atoms with Gasteiger partial charge in [0.05, 0.1) is 29.1 Å². The summed E-state index contributed by atoms with van der Waals surface area (Å²) in [6.45, 7) is 0. The molecule has 43 heavy (non-hydrogen) atoms. The lowest BCUT2D eigenvalue weighted by Crippen LogP contribution is -2.25. The zero-order valence-corrected chi connectivity index (χ0v) is 24.1. The zero-order chi connectivity index (χ0) is 30.5. The van der Waals surface area contributed by atoms with E-state index in [1.165, 1.54) is 38.4 Å². The predicted molar refractivity (Wildman–Crippen MR) is 163 cm³/mol. The van der Waals surface area contributed by atoms with Crippen molar-refractivity contribution >= 4 is 43.5 Å². The number of nitrogens with zero attached hydrogens (tertiary/aromatic N) is 3. The minimum atomic E-state index is -3.71. The smallest absolute Gasteiger partial charge is 0.255 e. The van der Waals surface area contributed by atoms with Gasteiger partial charge in [-0.15, -0.1) is 0 Å². The highest BCUT2D eigenvalue weighted by molar-refractivity contribution is 7.92. The van der Waals surface area contributed by atoms with Crippen molar-refractivity contribution < 1.29 is 22.0 Å². The van der Waals surface area contributed by atoms with E-state index in [2.05, 4.69) is 21.4 Å². The Morgan fingerprint density at radius 1 is 1.02 bits per heavy atom. The Labute approximate surface area is 246 Å². The van der Waals surface area contributed by atoms with Gasteiger partial charge in [0, 0.05) is 76.8 Å². The number of pyridine rings is 1. The summed E-state index contributed by atoms with van der Waals surface area (Å²) in [7, 11) is -0.784. The van der Waals surface area contributed by atoms with E-state index in [0.717, 1.165) is 27.2 Å². The molecule has 6 rings (SSSR count). The van der Waals surface area contributed by atoms with Gasteiger partial charge in [0.25, 0.3) is 5.91 Å². The molecule has 9 nitrogen and oxygen atoms in total. The largest absolute Gasteiger partial charge is 0.455 e. The van der Waals surface area contributed by atoms with E-state index in [9.17, 15) is 22.9 Å². The third-order valence-corrected chi connectivity index (χ3v) is 8.54. The van der Waals surface area contributed by atoms with Gasteiger partial charge >= 0.3 is 0 Å². The number of carbonyl (C=O) groups excluding carboxylic acids is 1. The number of fused-ring (bicyclic) bond motifs is 2. The highest BCUT2D eigenvalue weighted by atomic mass is 32.2. The van der Waals surface area contributed by atoms with E-state index in [0.29, 0.717) is 38.9 Å². The Balaban J connectivity index is 1.60. The number of aromatic nitrogens is 2. The SMILES string of the molecule is CNC(=O)c1c(-c2ccc(F)cc2)oc2cc(N(C)S(C)(=O)=O)c(-c3cncc(-c4cc5c(C#N)cccc5[nH]4)c3)cc12. The summed E-state index contributed by atoms with van der Waals surface area (Å²) in [5.74, 6) is -0.643. The van der Waals surface area contributed by atoms with Crippen LogP contribution in [0.2, 0.25) is 0 Å². The van der Waals surface area contributed by atoms with Crippen molar-refractivity contribution in [2.24, 2.45) is 0 Å². The van der Waals surface area contributed by atoms with E-state index in [4.69, 9.17) is 4.42 Å². The Hall–Kier alpha value is -5.47. The zero-order valence-electron chi connectivity index (χ0n) is 23.3. The fourth-order valence-corrected chi connectivity index (χ4v) is 5.61. The summed E-state index contributed by atoms with van der Waals surface area (Å²) < 4.78 is 46.4. The topological polar surface area (TPSA) is 132 Å². The second-order valence-corrected chi connectivity index (χ2v) is 12.0. The first-order valence-corrected chi connectivity index (χ1v) is 14.9. The van der Waals surface area contributed by atoms with Crippen molar-refractivity contribution in [3.05, 3.63) is 96.1 Å². The summed E-state index contributed by atoms with van der Waals surface area (Å²) in [4.78, 5) is 20.9. The highest BCUT2D eigenvalue weighted by Crippen LogP contribution is 2.42. The molecule has 214 valence electrons. The molecule has 0 saturated carbocycles. The summed E-state index contributed by atoms with van der Waals surface area (Å²) >= 11 is 0. The molecule has 2 N–H and O–H groups in total. The number of amides is 1. The van der Waals surface area contributed by atoms with Crippen molar-refractivity contribution in [2.75, 3.05) is 24.7 Å². The fourth-order valence-electron chi connectivity index (χ4n) is 5.10. The molecule has 0 saturated heterocycles. The van der Waals surface area contributed by atoms with Gasteiger partial charge in [0.1, 0.15) is 17.2 Å². The number of nitrogens with one attached hydrogen (secondary N) is 2. The van der Waals surface area contributed by atoms with Gasteiger partial charge in [-0.25, -0.2) is 12.8 Å². The molecule has 0 fully saturated rings. The van der Waals surface area contributed by atoms with Gasteiger partial charge in [-0.3, -0.25) is 14.1 Å². The molecule has 6 aromatic rings. The van der Waals surface area contributed by atoms with Gasteiger partial charge in [-0.2, -0.15) is 5.26 Å². The number of furan rings is 1. The van der Waals surface area contributed by atoms with Crippen molar-refractivity contribution in [1.82, 2.24) is 15.3 Å². The molecular weight excluding hydrogens is 569 g/mol. The van der Waals surface area contributed by atoms with Gasteiger partial charge in [-0.05, 0) is 54.6 Å². The molecule has 0 aliphatic rings. The minimum Gasteiger partial charge on any atom is -0.455 e. The average molecular weight is 594 g/mol. The Morgan fingerprint density at radius 3 is 2.47 bits per heavy atom. The number of aromatic amines is 1. The molecule has 3 aromatic carbocycles. The molecule has 0 aliphatic carbocycles. The molecular formula is C32H24FN5O4S. The second kappa shape index (κ2) is 10.4. The maximum Gasteiger partial charge on any atom is 0.255 e. The lowest BCUT2D eigenvalue weighted by atomic mass is 9.98. The van der Waals surface area contributed by atoms with E-state index in [-0.39, 0.29) is 16.9 Å². The van der Waals surface area contributed by atoms with Crippen molar-refractivity contribution in [3.8, 4) is 39.8 Å². The van der Waals surface area contributed by atoms with E-state index in [1.807, 2.05) is 18.2 Å². The monoisotopic (exact) mass is 593 g/mol. The van der Waals surface area contributed by atoms with Crippen molar-refractivity contribution in [3.63, 3.8) is 0 Å². The van der Waals surface area contributed by atoms with Crippen LogP contribution in [0, 0.1) is 17.1 Å². The summed E-state index contributed by atoms with van der Waals surface area (Å²) in [5, 5.41) is 13.4. The Bertz CT molecular complexity index is 2210. The molecule has 0 atom stereocenters. The van der Waals surface area contributed by atoms with Crippen LogP contribution in [0.15, 0.2) is 83.5 Å². The Kier molecular flexibility index (Phi) is 6.71. The molecule has 1 amide bonds. The van der Waals surface area contributed by atoms with Gasteiger partial charge in [-0.1, -0.05) is 6.07 Å². The number of H-pyrrole nitrogens is 1. The van der Waals surface area contributed by atoms with Crippen molar-refractivity contribution in [2.45, 2.75) is 0 Å². The molecule has 0 unspecified atom stereocenters. The number of anilines is 1. The molecule has 0 spiro atoms. The molecule has 0 radical (unpaired) electrons. The third kappa shape index (κ3) is 4.87. The summed E-state index contributed by atoms with van der Waals surface area (Å²) in [6.07, 6.45) is 4.36. The standard InChI is InChI=1S/C32H24FN5O4S/c1-35-32(39)30-25-12-24(20-11-21(17-36-16-20)27-13-23-19(15-34)5-4-6-26(23)37-27)28(38(2)43(3,40)41)14-29(25)42-31(30)18-7-9-22(33)10-8-18/h4-14,16-17,37H,1-3H3,(H,35,39).